The summed E-state index contributed by atoms with van der Waals surface area (Å²) in [5.74, 6) is 2.56. The molecule has 1 heterocycles. The molecule has 5 N–H and O–H groups in total. The Bertz CT molecular complexity index is 583. The first-order valence-corrected chi connectivity index (χ1v) is 11.3. The first kappa shape index (κ1) is 32.5. The number of aliphatic hydroxyl groups excluding tert-OH is 5. The van der Waals surface area contributed by atoms with E-state index in [0.29, 0.717) is 24.0 Å². The average molecular weight is 457 g/mol. The summed E-state index contributed by atoms with van der Waals surface area (Å²) >= 11 is 0. The van der Waals surface area contributed by atoms with Crippen LogP contribution in [0.15, 0.2) is 40.8 Å². The summed E-state index contributed by atoms with van der Waals surface area (Å²) in [6.07, 6.45) is 6.55. The molecule has 1 aliphatic carbocycles. The maximum absolute atomic E-state index is 8.85. The molecule has 3 rings (SSSR count). The van der Waals surface area contributed by atoms with Gasteiger partial charge in [0, 0.05) is 8.03 Å². The van der Waals surface area contributed by atoms with Crippen LogP contribution >= 0.6 is 0 Å². The van der Waals surface area contributed by atoms with E-state index in [2.05, 4.69) is 6.92 Å². The molecule has 0 unspecified atom stereocenters. The minimum absolute atomic E-state index is 0. The molecule has 1 aromatic heterocycles. The summed E-state index contributed by atoms with van der Waals surface area (Å²) < 4.78 is 4.88. The lowest BCUT2D eigenvalue weighted by Gasteiger charge is -2.26. The number of rotatable bonds is 6. The van der Waals surface area contributed by atoms with E-state index in [0.717, 1.165) is 17.0 Å². The summed E-state index contributed by atoms with van der Waals surface area (Å²) in [6, 6.07) is 10.4. The summed E-state index contributed by atoms with van der Waals surface area (Å²) in [5, 5.41) is 43.1. The molecule has 1 saturated carbocycles. The molecule has 0 aliphatic heterocycles. The fourth-order valence-corrected chi connectivity index (χ4v) is 3.16. The third-order valence-electron chi connectivity index (χ3n) is 5.22. The van der Waals surface area contributed by atoms with Crippen molar-refractivity contribution in [3.63, 3.8) is 0 Å². The Hall–Kier alpha value is -1.70. The second-order valence-electron chi connectivity index (χ2n) is 7.29. The van der Waals surface area contributed by atoms with Crippen LogP contribution in [0.3, 0.4) is 0 Å². The molecule has 0 radical (unpaired) electrons. The number of hydrogen-bond donors (Lipinski definition) is 5. The molecule has 0 bridgehead atoms. The zero-order valence-electron chi connectivity index (χ0n) is 19.3. The van der Waals surface area contributed by atoms with Crippen LogP contribution in [0.2, 0.25) is 0 Å². The number of hydrogen-bond acceptors (Lipinski definition) is 6. The number of benzene rings is 1. The first-order valence-electron chi connectivity index (χ1n) is 11.3. The lowest BCUT2D eigenvalue weighted by atomic mass is 9.81. The van der Waals surface area contributed by atoms with Crippen LogP contribution in [0, 0.1) is 11.8 Å². The molecular weight excluding hydrogens is 408 g/mol. The average Bonchev–Trinajstić information content (AvgIpc) is 3.34. The van der Waals surface area contributed by atoms with Crippen molar-refractivity contribution in [3.8, 4) is 0 Å². The van der Waals surface area contributed by atoms with Crippen LogP contribution in [-0.4, -0.2) is 32.1 Å². The van der Waals surface area contributed by atoms with Crippen LogP contribution in [0.25, 0.3) is 0 Å². The molecule has 188 valence electrons. The van der Waals surface area contributed by atoms with E-state index in [1.54, 1.807) is 36.4 Å². The van der Waals surface area contributed by atoms with Crippen LogP contribution in [0.4, 0.5) is 0 Å². The zero-order chi connectivity index (χ0) is 23.5. The van der Waals surface area contributed by atoms with E-state index in [1.165, 1.54) is 32.1 Å². The van der Waals surface area contributed by atoms with Crippen LogP contribution in [0.5, 0.6) is 0 Å². The summed E-state index contributed by atoms with van der Waals surface area (Å²) in [5.41, 5.74) is 1.74. The van der Waals surface area contributed by atoms with Gasteiger partial charge in [-0.2, -0.15) is 0 Å². The van der Waals surface area contributed by atoms with Crippen molar-refractivity contribution in [1.82, 2.24) is 0 Å². The standard InChI is InChI=1S/C9H18O.C8H10O2.C6H8O3.C2H6.CH4.H2/c1-2-8-3-5-9(7-10)6-4-8;9-5-7-1-2-8(6-10)4-3-7;7-3-5-1-2-6(4-8)9-5;1-2;;/h8-10H,2-7H2,1H3;1-4,9-10H,5-6H2;1-2,7-8H,3-4H2;1-2H3;1H4;1H. The van der Waals surface area contributed by atoms with Gasteiger partial charge in [0.1, 0.15) is 24.7 Å². The molecule has 1 fully saturated rings. The predicted molar refractivity (Wildman–Crippen MR) is 132 cm³/mol. The second kappa shape index (κ2) is 21.2. The van der Waals surface area contributed by atoms with Crippen molar-refractivity contribution in [2.24, 2.45) is 11.8 Å². The topological polar surface area (TPSA) is 114 Å². The van der Waals surface area contributed by atoms with E-state index in [1.807, 2.05) is 13.8 Å². The van der Waals surface area contributed by atoms with Gasteiger partial charge in [0.05, 0.1) is 13.2 Å². The van der Waals surface area contributed by atoms with Crippen molar-refractivity contribution >= 4 is 0 Å². The SMILES string of the molecule is C.CC.CCC1CCC(CO)CC1.OCc1ccc(CO)cc1.OCc1ccc(CO)o1.[HH]. The van der Waals surface area contributed by atoms with Crippen molar-refractivity contribution in [2.45, 2.75) is 86.7 Å². The third-order valence-corrected chi connectivity index (χ3v) is 5.22. The highest BCUT2D eigenvalue weighted by molar-refractivity contribution is 5.21. The smallest absolute Gasteiger partial charge is 0.129 e. The quantitative estimate of drug-likeness (QED) is 0.416. The Morgan fingerprint density at radius 3 is 1.31 bits per heavy atom. The number of furan rings is 1. The highest BCUT2D eigenvalue weighted by Gasteiger charge is 2.18. The second-order valence-corrected chi connectivity index (χ2v) is 7.29. The maximum Gasteiger partial charge on any atom is 0.129 e. The predicted octanol–water partition coefficient (Wildman–Crippen LogP) is 5.04. The molecule has 0 atom stereocenters. The van der Waals surface area contributed by atoms with Crippen molar-refractivity contribution in [1.29, 1.82) is 0 Å². The van der Waals surface area contributed by atoms with Gasteiger partial charge >= 0.3 is 0 Å². The van der Waals surface area contributed by atoms with Gasteiger partial charge in [-0.15, -0.1) is 0 Å². The molecule has 1 aromatic carbocycles. The van der Waals surface area contributed by atoms with Gasteiger partial charge in [-0.1, -0.05) is 71.7 Å². The Balaban J connectivity index is -0.000000383. The fraction of sp³-hybridized carbons (Fsp3) is 0.615. The van der Waals surface area contributed by atoms with E-state index < -0.39 is 0 Å². The lowest BCUT2D eigenvalue weighted by molar-refractivity contribution is 0.166. The zero-order valence-corrected chi connectivity index (χ0v) is 19.3. The molecular formula is C26H48O6. The molecule has 0 amide bonds. The largest absolute Gasteiger partial charge is 0.461 e. The van der Waals surface area contributed by atoms with Crippen LogP contribution in [-0.2, 0) is 26.4 Å². The van der Waals surface area contributed by atoms with Gasteiger partial charge in [-0.05, 0) is 47.9 Å². The van der Waals surface area contributed by atoms with Gasteiger partial charge in [0.15, 0.2) is 0 Å². The van der Waals surface area contributed by atoms with Crippen molar-refractivity contribution in [3.05, 3.63) is 59.0 Å². The Morgan fingerprint density at radius 2 is 1.06 bits per heavy atom. The van der Waals surface area contributed by atoms with E-state index in [-0.39, 0.29) is 35.3 Å². The van der Waals surface area contributed by atoms with Crippen molar-refractivity contribution < 1.29 is 31.4 Å². The highest BCUT2D eigenvalue weighted by Crippen LogP contribution is 2.29. The molecule has 32 heavy (non-hydrogen) atoms. The Labute approximate surface area is 196 Å². The summed E-state index contributed by atoms with van der Waals surface area (Å²) in [6.45, 7) is 6.58. The molecule has 1 aliphatic rings. The van der Waals surface area contributed by atoms with Gasteiger partial charge in [0.2, 0.25) is 0 Å². The minimum atomic E-state index is -0.111. The van der Waals surface area contributed by atoms with Crippen LogP contribution < -0.4 is 0 Å². The third kappa shape index (κ3) is 13.7. The minimum Gasteiger partial charge on any atom is -0.461 e. The Morgan fingerprint density at radius 1 is 0.688 bits per heavy atom. The first-order chi connectivity index (χ1) is 15.1. The van der Waals surface area contributed by atoms with E-state index >= 15 is 0 Å². The van der Waals surface area contributed by atoms with E-state index in [9.17, 15) is 0 Å². The fourth-order valence-electron chi connectivity index (χ4n) is 3.16. The highest BCUT2D eigenvalue weighted by atomic mass is 16.4. The maximum atomic E-state index is 8.85. The summed E-state index contributed by atoms with van der Waals surface area (Å²) in [7, 11) is 0. The van der Waals surface area contributed by atoms with Gasteiger partial charge in [0.25, 0.3) is 0 Å². The molecule has 0 saturated heterocycles. The van der Waals surface area contributed by atoms with Gasteiger partial charge in [-0.25, -0.2) is 0 Å². The molecule has 6 heteroatoms. The summed E-state index contributed by atoms with van der Waals surface area (Å²) in [4.78, 5) is 0. The molecule has 0 spiro atoms. The van der Waals surface area contributed by atoms with Gasteiger partial charge in [-0.3, -0.25) is 0 Å². The van der Waals surface area contributed by atoms with Crippen molar-refractivity contribution in [2.75, 3.05) is 6.61 Å². The lowest BCUT2D eigenvalue weighted by Crippen LogP contribution is -2.16. The molecule has 6 nitrogen and oxygen atoms in total. The number of aliphatic hydroxyl groups is 5. The molecule has 2 aromatic rings. The van der Waals surface area contributed by atoms with Gasteiger partial charge < -0.3 is 29.9 Å². The Kier molecular flexibility index (Phi) is 21.5. The monoisotopic (exact) mass is 456 g/mol. The van der Waals surface area contributed by atoms with Crippen LogP contribution in [0.1, 0.15) is 84.4 Å². The normalized spacial score (nSPS) is 16.8. The van der Waals surface area contributed by atoms with E-state index in [4.69, 9.17) is 29.9 Å².